The summed E-state index contributed by atoms with van der Waals surface area (Å²) in [6.07, 6.45) is 0.854. The number of benzene rings is 1. The third-order valence-corrected chi connectivity index (χ3v) is 2.77. The normalized spacial score (nSPS) is 12.4. The van der Waals surface area contributed by atoms with E-state index < -0.39 is 12.0 Å². The minimum atomic E-state index is -0.966. The molecule has 1 unspecified atom stereocenters. The van der Waals surface area contributed by atoms with E-state index in [0.29, 0.717) is 6.54 Å². The predicted octanol–water partition coefficient (Wildman–Crippen LogP) is 0.581. The van der Waals surface area contributed by atoms with Gasteiger partial charge in [-0.15, -0.1) is 0 Å². The molecule has 0 aliphatic carbocycles. The highest BCUT2D eigenvalue weighted by Gasteiger charge is 2.13. The zero-order valence-corrected chi connectivity index (χ0v) is 10.8. The van der Waals surface area contributed by atoms with Crippen LogP contribution < -0.4 is 10.5 Å². The van der Waals surface area contributed by atoms with Crippen LogP contribution in [0.25, 0.3) is 0 Å². The van der Waals surface area contributed by atoms with Crippen molar-refractivity contribution in [2.24, 2.45) is 5.73 Å². The summed E-state index contributed by atoms with van der Waals surface area (Å²) in [5.41, 5.74) is 6.65. The maximum atomic E-state index is 10.6. The van der Waals surface area contributed by atoms with Gasteiger partial charge in [-0.05, 0) is 31.2 Å². The fourth-order valence-electron chi connectivity index (χ4n) is 1.62. The predicted molar refractivity (Wildman–Crippen MR) is 69.8 cm³/mol. The Balaban J connectivity index is 2.37. The summed E-state index contributed by atoms with van der Waals surface area (Å²) in [6.45, 7) is 1.12. The summed E-state index contributed by atoms with van der Waals surface area (Å²) < 4.78 is 5.08. The van der Waals surface area contributed by atoms with Gasteiger partial charge < -0.3 is 20.5 Å². The van der Waals surface area contributed by atoms with E-state index in [4.69, 9.17) is 15.6 Å². The van der Waals surface area contributed by atoms with Crippen LogP contribution in [0.1, 0.15) is 5.56 Å². The van der Waals surface area contributed by atoms with Crippen LogP contribution >= 0.6 is 0 Å². The van der Waals surface area contributed by atoms with Gasteiger partial charge in [0.2, 0.25) is 0 Å². The van der Waals surface area contributed by atoms with Crippen molar-refractivity contribution in [2.75, 3.05) is 27.2 Å². The quantitative estimate of drug-likeness (QED) is 0.742. The Morgan fingerprint density at radius 2 is 2.06 bits per heavy atom. The van der Waals surface area contributed by atoms with Crippen molar-refractivity contribution in [2.45, 2.75) is 12.5 Å². The second kappa shape index (κ2) is 6.98. The lowest BCUT2D eigenvalue weighted by atomic mass is 10.1. The molecule has 0 bridgehead atoms. The maximum Gasteiger partial charge on any atom is 0.321 e. The molecule has 0 spiro atoms. The molecule has 0 saturated carbocycles. The molecule has 1 rings (SSSR count). The zero-order valence-electron chi connectivity index (χ0n) is 10.8. The van der Waals surface area contributed by atoms with Crippen LogP contribution in [0.3, 0.4) is 0 Å². The first-order valence-corrected chi connectivity index (χ1v) is 5.82. The largest absolute Gasteiger partial charge is 0.497 e. The van der Waals surface area contributed by atoms with Crippen molar-refractivity contribution >= 4 is 5.97 Å². The molecule has 0 heterocycles. The number of rotatable bonds is 7. The highest BCUT2D eigenvalue weighted by Crippen LogP contribution is 2.11. The second-order valence-electron chi connectivity index (χ2n) is 4.31. The molecule has 1 aromatic carbocycles. The maximum absolute atomic E-state index is 10.6. The fraction of sp³-hybridized carbons (Fsp3) is 0.462. The van der Waals surface area contributed by atoms with Gasteiger partial charge in [0, 0.05) is 13.1 Å². The Morgan fingerprint density at radius 1 is 1.44 bits per heavy atom. The van der Waals surface area contributed by atoms with Crippen molar-refractivity contribution in [3.8, 4) is 5.75 Å². The number of hydrogen-bond acceptors (Lipinski definition) is 4. The van der Waals surface area contributed by atoms with Gasteiger partial charge in [-0.25, -0.2) is 0 Å². The molecule has 0 aliphatic heterocycles. The highest BCUT2D eigenvalue weighted by molar-refractivity contribution is 5.73. The van der Waals surface area contributed by atoms with E-state index in [2.05, 4.69) is 0 Å². The number of likely N-dealkylation sites (N-methyl/N-ethyl adjacent to an activating group) is 1. The number of carboxylic acids is 1. The molecule has 100 valence electrons. The summed E-state index contributed by atoms with van der Waals surface area (Å²) in [4.78, 5) is 12.5. The molecule has 0 aliphatic rings. The molecule has 0 radical (unpaired) electrons. The lowest BCUT2D eigenvalue weighted by molar-refractivity contribution is -0.138. The van der Waals surface area contributed by atoms with Crippen LogP contribution in [0.4, 0.5) is 0 Å². The van der Waals surface area contributed by atoms with Gasteiger partial charge in [0.1, 0.15) is 11.8 Å². The molecule has 0 amide bonds. The molecule has 1 atom stereocenters. The molecular weight excluding hydrogens is 232 g/mol. The highest BCUT2D eigenvalue weighted by atomic mass is 16.5. The topological polar surface area (TPSA) is 75.8 Å². The van der Waals surface area contributed by atoms with Crippen LogP contribution in [-0.2, 0) is 11.2 Å². The number of methoxy groups -OCH3 is 1. The van der Waals surface area contributed by atoms with E-state index in [-0.39, 0.29) is 0 Å². The van der Waals surface area contributed by atoms with Gasteiger partial charge >= 0.3 is 5.97 Å². The van der Waals surface area contributed by atoms with Gasteiger partial charge in [0.25, 0.3) is 0 Å². The molecule has 0 aromatic heterocycles. The number of carboxylic acid groups (broad SMARTS) is 1. The number of nitrogens with two attached hydrogens (primary N) is 1. The van der Waals surface area contributed by atoms with E-state index in [9.17, 15) is 4.79 Å². The lowest BCUT2D eigenvalue weighted by Crippen LogP contribution is -2.41. The smallest absolute Gasteiger partial charge is 0.321 e. The van der Waals surface area contributed by atoms with Crippen LogP contribution in [0.15, 0.2) is 24.3 Å². The fourth-order valence-corrected chi connectivity index (χ4v) is 1.62. The molecule has 0 saturated heterocycles. The van der Waals surface area contributed by atoms with Crippen LogP contribution in [-0.4, -0.2) is 49.3 Å². The van der Waals surface area contributed by atoms with Gasteiger partial charge in [-0.3, -0.25) is 4.79 Å². The Kier molecular flexibility index (Phi) is 5.61. The van der Waals surface area contributed by atoms with E-state index in [1.807, 2.05) is 36.2 Å². The Morgan fingerprint density at radius 3 is 2.56 bits per heavy atom. The Bertz CT molecular complexity index is 378. The molecule has 5 heteroatoms. The van der Waals surface area contributed by atoms with E-state index in [0.717, 1.165) is 18.7 Å². The van der Waals surface area contributed by atoms with E-state index in [1.165, 1.54) is 5.56 Å². The average Bonchev–Trinajstić information content (AvgIpc) is 2.36. The summed E-state index contributed by atoms with van der Waals surface area (Å²) in [7, 11) is 3.50. The Hall–Kier alpha value is -1.59. The first-order valence-electron chi connectivity index (χ1n) is 5.82. The molecule has 3 N–H and O–H groups in total. The summed E-state index contributed by atoms with van der Waals surface area (Å²) in [5.74, 6) is -0.133. The second-order valence-corrected chi connectivity index (χ2v) is 4.31. The first-order chi connectivity index (χ1) is 8.52. The van der Waals surface area contributed by atoms with Gasteiger partial charge in [0.15, 0.2) is 0 Å². The molecule has 18 heavy (non-hydrogen) atoms. The lowest BCUT2D eigenvalue weighted by Gasteiger charge is -2.18. The minimum Gasteiger partial charge on any atom is -0.497 e. The summed E-state index contributed by atoms with van der Waals surface area (Å²) >= 11 is 0. The van der Waals surface area contributed by atoms with Crippen LogP contribution in [0, 0.1) is 0 Å². The van der Waals surface area contributed by atoms with Crippen molar-refractivity contribution in [3.63, 3.8) is 0 Å². The minimum absolute atomic E-state index is 0.353. The molecule has 5 nitrogen and oxygen atoms in total. The molecule has 0 fully saturated rings. The van der Waals surface area contributed by atoms with Crippen LogP contribution in [0.2, 0.25) is 0 Å². The van der Waals surface area contributed by atoms with E-state index in [1.54, 1.807) is 7.11 Å². The van der Waals surface area contributed by atoms with Crippen molar-refractivity contribution in [1.29, 1.82) is 0 Å². The average molecular weight is 252 g/mol. The number of ether oxygens (including phenoxy) is 1. The van der Waals surface area contributed by atoms with Gasteiger partial charge in [0.05, 0.1) is 7.11 Å². The van der Waals surface area contributed by atoms with E-state index >= 15 is 0 Å². The number of aliphatic carboxylic acids is 1. The zero-order chi connectivity index (χ0) is 13.5. The summed E-state index contributed by atoms with van der Waals surface area (Å²) in [6, 6.07) is 7.01. The summed E-state index contributed by atoms with van der Waals surface area (Å²) in [5, 5.41) is 8.71. The molecular formula is C13H20N2O3. The number of hydrogen-bond donors (Lipinski definition) is 2. The van der Waals surface area contributed by atoms with Gasteiger partial charge in [-0.1, -0.05) is 12.1 Å². The monoisotopic (exact) mass is 252 g/mol. The molecule has 1 aromatic rings. The number of carbonyl (C=O) groups is 1. The Labute approximate surface area is 107 Å². The standard InChI is InChI=1S/C13H20N2O3/c1-15(9-12(14)13(16)17)8-7-10-3-5-11(18-2)6-4-10/h3-6,12H,7-9,14H2,1-2H3,(H,16,17). The van der Waals surface area contributed by atoms with Gasteiger partial charge in [-0.2, -0.15) is 0 Å². The third kappa shape index (κ3) is 4.73. The SMILES string of the molecule is COc1ccc(CCN(C)CC(N)C(=O)O)cc1. The first kappa shape index (κ1) is 14.5. The van der Waals surface area contributed by atoms with Crippen molar-refractivity contribution in [3.05, 3.63) is 29.8 Å². The van der Waals surface area contributed by atoms with Crippen LogP contribution in [0.5, 0.6) is 5.75 Å². The number of nitrogens with zero attached hydrogens (tertiary/aromatic N) is 1. The van der Waals surface area contributed by atoms with Crippen molar-refractivity contribution < 1.29 is 14.6 Å². The third-order valence-electron chi connectivity index (χ3n) is 2.77. The van der Waals surface area contributed by atoms with Crippen molar-refractivity contribution in [1.82, 2.24) is 4.90 Å².